The molecule has 0 aromatic heterocycles. The van der Waals surface area contributed by atoms with Crippen molar-refractivity contribution in [1.82, 2.24) is 15.7 Å². The molecule has 170 valence electrons. The minimum Gasteiger partial charge on any atom is -0.368 e. The number of hydrogen-bond donors (Lipinski definition) is 3. The zero-order chi connectivity index (χ0) is 22.4. The molecular weight excluding hydrogens is 413 g/mol. The minimum atomic E-state index is -4.40. The monoisotopic (exact) mass is 440 g/mol. The van der Waals surface area contributed by atoms with Crippen LogP contribution < -0.4 is 15.7 Å². The lowest BCUT2D eigenvalue weighted by Gasteiger charge is -2.43. The van der Waals surface area contributed by atoms with E-state index < -0.39 is 29.5 Å². The number of hydrogen-bond acceptors (Lipinski definition) is 5. The van der Waals surface area contributed by atoms with Crippen molar-refractivity contribution in [1.29, 1.82) is 0 Å². The van der Waals surface area contributed by atoms with Crippen LogP contribution in [-0.2, 0) is 15.8 Å². The maximum Gasteiger partial charge on any atom is 0.416 e. The van der Waals surface area contributed by atoms with Crippen LogP contribution in [0.5, 0.6) is 0 Å². The van der Waals surface area contributed by atoms with Gasteiger partial charge in [-0.05, 0) is 37.0 Å². The SMILES string of the molecule is CC1CC2(CN2)CC(C(=O)NO)C1C(=O)N1CCN(c2cccc(C(F)(F)F)c2)CC1. The smallest absolute Gasteiger partial charge is 0.368 e. The van der Waals surface area contributed by atoms with E-state index >= 15 is 0 Å². The van der Waals surface area contributed by atoms with E-state index in [1.54, 1.807) is 16.4 Å². The van der Waals surface area contributed by atoms with Gasteiger partial charge < -0.3 is 15.1 Å². The lowest BCUT2D eigenvalue weighted by Crippen LogP contribution is -2.55. The highest BCUT2D eigenvalue weighted by molar-refractivity contribution is 5.88. The summed E-state index contributed by atoms with van der Waals surface area (Å²) in [6.45, 7) is 4.33. The summed E-state index contributed by atoms with van der Waals surface area (Å²) in [6, 6.07) is 5.20. The number of nitrogens with zero attached hydrogens (tertiary/aromatic N) is 2. The van der Waals surface area contributed by atoms with Crippen LogP contribution >= 0.6 is 0 Å². The van der Waals surface area contributed by atoms with Crippen LogP contribution in [0, 0.1) is 17.8 Å². The van der Waals surface area contributed by atoms with E-state index in [2.05, 4.69) is 5.32 Å². The Morgan fingerprint density at radius 1 is 1.19 bits per heavy atom. The lowest BCUT2D eigenvalue weighted by atomic mass is 9.67. The van der Waals surface area contributed by atoms with Crippen molar-refractivity contribution in [3.63, 3.8) is 0 Å². The van der Waals surface area contributed by atoms with Gasteiger partial charge in [0.2, 0.25) is 11.8 Å². The summed E-state index contributed by atoms with van der Waals surface area (Å²) < 4.78 is 39.0. The first-order valence-electron chi connectivity index (χ1n) is 10.5. The van der Waals surface area contributed by atoms with Crippen molar-refractivity contribution >= 4 is 17.5 Å². The van der Waals surface area contributed by atoms with Gasteiger partial charge in [-0.3, -0.25) is 14.8 Å². The molecule has 1 aromatic rings. The minimum absolute atomic E-state index is 0.0277. The first kappa shape index (κ1) is 21.9. The number of anilines is 1. The Morgan fingerprint density at radius 3 is 2.45 bits per heavy atom. The number of carbonyl (C=O) groups is 2. The van der Waals surface area contributed by atoms with Crippen LogP contribution in [-0.4, -0.2) is 60.2 Å². The average Bonchev–Trinajstić information content (AvgIpc) is 3.50. The molecule has 4 rings (SSSR count). The van der Waals surface area contributed by atoms with Crippen molar-refractivity contribution in [3.05, 3.63) is 29.8 Å². The summed E-state index contributed by atoms with van der Waals surface area (Å²) in [5, 5.41) is 12.5. The van der Waals surface area contributed by atoms with Gasteiger partial charge in [0.05, 0.1) is 17.4 Å². The predicted octanol–water partition coefficient (Wildman–Crippen LogP) is 1.86. The highest BCUT2D eigenvalue weighted by Crippen LogP contribution is 2.45. The highest BCUT2D eigenvalue weighted by Gasteiger charge is 2.55. The van der Waals surface area contributed by atoms with E-state index in [0.29, 0.717) is 38.3 Å². The molecule has 4 unspecified atom stereocenters. The third kappa shape index (κ3) is 4.36. The summed E-state index contributed by atoms with van der Waals surface area (Å²) >= 11 is 0. The number of nitrogens with one attached hydrogen (secondary N) is 2. The van der Waals surface area contributed by atoms with Crippen molar-refractivity contribution < 1.29 is 28.0 Å². The summed E-state index contributed by atoms with van der Waals surface area (Å²) in [6.07, 6.45) is -3.10. The summed E-state index contributed by atoms with van der Waals surface area (Å²) in [5.41, 5.74) is 1.39. The van der Waals surface area contributed by atoms with E-state index in [1.807, 2.05) is 11.8 Å². The summed E-state index contributed by atoms with van der Waals surface area (Å²) in [7, 11) is 0. The van der Waals surface area contributed by atoms with Crippen LogP contribution in [0.3, 0.4) is 0 Å². The molecule has 4 atom stereocenters. The molecule has 0 radical (unpaired) electrons. The molecular formula is C21H27F3N4O3. The van der Waals surface area contributed by atoms with Crippen LogP contribution in [0.15, 0.2) is 24.3 Å². The van der Waals surface area contributed by atoms with Crippen molar-refractivity contribution in [2.45, 2.75) is 31.5 Å². The Balaban J connectivity index is 1.43. The van der Waals surface area contributed by atoms with E-state index in [1.165, 1.54) is 6.07 Å². The Hall–Kier alpha value is -2.33. The van der Waals surface area contributed by atoms with Crippen LogP contribution in [0.4, 0.5) is 18.9 Å². The predicted molar refractivity (Wildman–Crippen MR) is 106 cm³/mol. The lowest BCUT2D eigenvalue weighted by molar-refractivity contribution is -0.150. The van der Waals surface area contributed by atoms with E-state index in [-0.39, 0.29) is 17.4 Å². The zero-order valence-corrected chi connectivity index (χ0v) is 17.3. The molecule has 31 heavy (non-hydrogen) atoms. The quantitative estimate of drug-likeness (QED) is 0.379. The van der Waals surface area contributed by atoms with Gasteiger partial charge in [-0.25, -0.2) is 5.48 Å². The van der Waals surface area contributed by atoms with Crippen molar-refractivity contribution in [2.24, 2.45) is 17.8 Å². The van der Waals surface area contributed by atoms with Gasteiger partial charge in [0.15, 0.2) is 0 Å². The maximum absolute atomic E-state index is 13.3. The molecule has 1 aromatic carbocycles. The average molecular weight is 440 g/mol. The molecule has 2 saturated heterocycles. The van der Waals surface area contributed by atoms with Crippen LogP contribution in [0.2, 0.25) is 0 Å². The Labute approximate surface area is 178 Å². The highest BCUT2D eigenvalue weighted by atomic mass is 19.4. The normalized spacial score (nSPS) is 30.9. The van der Waals surface area contributed by atoms with Gasteiger partial charge in [-0.2, -0.15) is 13.2 Å². The first-order chi connectivity index (χ1) is 14.6. The van der Waals surface area contributed by atoms with Gasteiger partial charge in [-0.1, -0.05) is 13.0 Å². The number of rotatable bonds is 3. The number of carbonyl (C=O) groups excluding carboxylic acids is 2. The molecule has 10 heteroatoms. The molecule has 2 aliphatic heterocycles. The molecule has 0 bridgehead atoms. The summed E-state index contributed by atoms with van der Waals surface area (Å²) in [4.78, 5) is 29.2. The number of benzene rings is 1. The van der Waals surface area contributed by atoms with Crippen molar-refractivity contribution in [3.8, 4) is 0 Å². The van der Waals surface area contributed by atoms with E-state index in [4.69, 9.17) is 0 Å². The Kier molecular flexibility index (Phi) is 5.63. The Morgan fingerprint density at radius 2 is 1.87 bits per heavy atom. The second kappa shape index (κ2) is 7.98. The number of alkyl halides is 3. The van der Waals surface area contributed by atoms with Gasteiger partial charge >= 0.3 is 6.18 Å². The van der Waals surface area contributed by atoms with E-state index in [9.17, 15) is 28.0 Å². The van der Waals surface area contributed by atoms with Gasteiger partial charge in [0, 0.05) is 44.0 Å². The van der Waals surface area contributed by atoms with Crippen molar-refractivity contribution in [2.75, 3.05) is 37.6 Å². The van der Waals surface area contributed by atoms with Crippen LogP contribution in [0.1, 0.15) is 25.3 Å². The molecule has 1 saturated carbocycles. The topological polar surface area (TPSA) is 94.8 Å². The number of halogens is 3. The molecule has 3 N–H and O–H groups in total. The Bertz CT molecular complexity index is 851. The molecule has 7 nitrogen and oxygen atoms in total. The van der Waals surface area contributed by atoms with Gasteiger partial charge in [-0.15, -0.1) is 0 Å². The van der Waals surface area contributed by atoms with Gasteiger partial charge in [0.25, 0.3) is 0 Å². The maximum atomic E-state index is 13.3. The third-order valence-corrected chi connectivity index (χ3v) is 6.91. The third-order valence-electron chi connectivity index (χ3n) is 6.91. The largest absolute Gasteiger partial charge is 0.416 e. The fourth-order valence-corrected chi connectivity index (χ4v) is 5.21. The second-order valence-electron chi connectivity index (χ2n) is 8.99. The molecule has 1 aliphatic carbocycles. The first-order valence-corrected chi connectivity index (χ1v) is 10.5. The fraction of sp³-hybridized carbons (Fsp3) is 0.619. The second-order valence-corrected chi connectivity index (χ2v) is 8.99. The standard InChI is InChI=1S/C21H27F3N4O3/c1-13-10-20(12-25-20)11-16(18(29)26-31)17(13)19(30)28-7-5-27(6-8-28)15-4-2-3-14(9-15)21(22,23)24/h2-4,9,13,16-17,25,31H,5-8,10-12H2,1H3,(H,26,29). The van der Waals surface area contributed by atoms with Crippen LogP contribution in [0.25, 0.3) is 0 Å². The fourth-order valence-electron chi connectivity index (χ4n) is 5.21. The number of hydroxylamine groups is 1. The molecule has 2 amide bonds. The molecule has 3 fully saturated rings. The number of piperazine rings is 1. The van der Waals surface area contributed by atoms with Gasteiger partial charge in [0.1, 0.15) is 0 Å². The molecule has 3 aliphatic rings. The number of amides is 2. The molecule has 1 spiro atoms. The van der Waals surface area contributed by atoms with E-state index in [0.717, 1.165) is 25.1 Å². The molecule has 2 heterocycles. The summed E-state index contributed by atoms with van der Waals surface area (Å²) in [5.74, 6) is -1.83. The zero-order valence-electron chi connectivity index (χ0n) is 17.3.